The van der Waals surface area contributed by atoms with Gasteiger partial charge in [0, 0.05) is 30.4 Å². The van der Waals surface area contributed by atoms with Gasteiger partial charge in [0.2, 0.25) is 11.8 Å². The molecule has 4 rings (SSSR count). The van der Waals surface area contributed by atoms with E-state index in [-0.39, 0.29) is 17.7 Å². The maximum absolute atomic E-state index is 13.2. The van der Waals surface area contributed by atoms with Crippen molar-refractivity contribution in [3.05, 3.63) is 60.0 Å². The third kappa shape index (κ3) is 4.36. The highest BCUT2D eigenvalue weighted by Gasteiger charge is 2.46. The Hall–Kier alpha value is -2.40. The van der Waals surface area contributed by atoms with Gasteiger partial charge in [-0.25, -0.2) is 0 Å². The highest BCUT2D eigenvalue weighted by molar-refractivity contribution is 7.13. The van der Waals surface area contributed by atoms with Gasteiger partial charge in [-0.05, 0) is 54.2 Å². The molecule has 2 amide bonds. The van der Waals surface area contributed by atoms with Gasteiger partial charge in [-0.3, -0.25) is 9.59 Å². The fraction of sp³-hybridized carbons (Fsp3) is 0.440. The standard InChI is InChI=1S/C25H30N2O2S/c1-3-11-26-24(29)25(9-12-27(13-10-25)23(28)21-15-18(21)2)17-19-6-4-7-20(16-19)22-8-5-14-30-22/h3-8,14,16,18,21H,1,9-13,15,17H2,2H3,(H,26,29)/t18-,21-/m1/s1. The number of nitrogens with zero attached hydrogens (tertiary/aromatic N) is 1. The van der Waals surface area contributed by atoms with E-state index in [9.17, 15) is 9.59 Å². The van der Waals surface area contributed by atoms with E-state index in [1.807, 2.05) is 4.90 Å². The predicted molar refractivity (Wildman–Crippen MR) is 122 cm³/mol. The van der Waals surface area contributed by atoms with Crippen molar-refractivity contribution >= 4 is 23.2 Å². The second-order valence-corrected chi connectivity index (χ2v) is 9.73. The van der Waals surface area contributed by atoms with Crippen LogP contribution in [0.1, 0.15) is 31.7 Å². The van der Waals surface area contributed by atoms with E-state index in [0.717, 1.165) is 6.42 Å². The maximum Gasteiger partial charge on any atom is 0.226 e. The average Bonchev–Trinajstić information content (AvgIpc) is 3.25. The van der Waals surface area contributed by atoms with Crippen LogP contribution >= 0.6 is 11.3 Å². The van der Waals surface area contributed by atoms with E-state index in [2.05, 4.69) is 60.6 Å². The lowest BCUT2D eigenvalue weighted by Crippen LogP contribution is -2.51. The normalized spacial score (nSPS) is 22.4. The first kappa shape index (κ1) is 20.9. The Morgan fingerprint density at radius 1 is 1.27 bits per heavy atom. The molecule has 1 N–H and O–H groups in total. The molecule has 158 valence electrons. The van der Waals surface area contributed by atoms with Crippen LogP contribution in [-0.2, 0) is 16.0 Å². The average molecular weight is 423 g/mol. The molecule has 0 bridgehead atoms. The summed E-state index contributed by atoms with van der Waals surface area (Å²) in [6.07, 6.45) is 4.82. The molecule has 1 aliphatic heterocycles. The molecule has 0 spiro atoms. The molecule has 4 nitrogen and oxygen atoms in total. The number of amides is 2. The van der Waals surface area contributed by atoms with Gasteiger partial charge in [0.1, 0.15) is 0 Å². The summed E-state index contributed by atoms with van der Waals surface area (Å²) >= 11 is 1.72. The number of nitrogens with one attached hydrogen (secondary N) is 1. The molecule has 2 aromatic rings. The Morgan fingerprint density at radius 3 is 2.67 bits per heavy atom. The van der Waals surface area contributed by atoms with Crippen molar-refractivity contribution in [3.63, 3.8) is 0 Å². The highest BCUT2D eigenvalue weighted by Crippen LogP contribution is 2.42. The SMILES string of the molecule is C=CCNC(=O)C1(Cc2cccc(-c3cccs3)c2)CCN(C(=O)[C@@H]2C[C@H]2C)CC1. The molecule has 2 fully saturated rings. The second kappa shape index (κ2) is 8.76. The molecular formula is C25H30N2O2S. The molecule has 1 aromatic carbocycles. The molecule has 1 aromatic heterocycles. The molecular weight excluding hydrogens is 392 g/mol. The fourth-order valence-corrected chi connectivity index (χ4v) is 5.28. The Morgan fingerprint density at radius 2 is 2.03 bits per heavy atom. The summed E-state index contributed by atoms with van der Waals surface area (Å²) in [5, 5.41) is 5.12. The van der Waals surface area contributed by atoms with E-state index < -0.39 is 5.41 Å². The van der Waals surface area contributed by atoms with Crippen molar-refractivity contribution in [2.45, 2.75) is 32.6 Å². The first-order chi connectivity index (χ1) is 14.5. The van der Waals surface area contributed by atoms with Gasteiger partial charge in [0.15, 0.2) is 0 Å². The molecule has 0 radical (unpaired) electrons. The summed E-state index contributed by atoms with van der Waals surface area (Å²) in [5.41, 5.74) is 1.88. The molecule has 5 heteroatoms. The van der Waals surface area contributed by atoms with Crippen LogP contribution in [0.25, 0.3) is 10.4 Å². The van der Waals surface area contributed by atoms with Crippen LogP contribution in [0, 0.1) is 17.3 Å². The largest absolute Gasteiger partial charge is 0.352 e. The smallest absolute Gasteiger partial charge is 0.226 e. The lowest BCUT2D eigenvalue weighted by molar-refractivity contribution is -0.141. The molecule has 1 aliphatic carbocycles. The van der Waals surface area contributed by atoms with Gasteiger partial charge < -0.3 is 10.2 Å². The summed E-state index contributed by atoms with van der Waals surface area (Å²) in [6, 6.07) is 12.7. The maximum atomic E-state index is 13.2. The molecule has 2 atom stereocenters. The van der Waals surface area contributed by atoms with Crippen LogP contribution in [0.5, 0.6) is 0 Å². The van der Waals surface area contributed by atoms with Gasteiger partial charge >= 0.3 is 0 Å². The van der Waals surface area contributed by atoms with Crippen molar-refractivity contribution in [2.24, 2.45) is 17.3 Å². The summed E-state index contributed by atoms with van der Waals surface area (Å²) in [4.78, 5) is 29.1. The molecule has 1 saturated carbocycles. The highest BCUT2D eigenvalue weighted by atomic mass is 32.1. The topological polar surface area (TPSA) is 49.4 Å². The molecule has 2 aliphatic rings. The van der Waals surface area contributed by atoms with E-state index in [0.29, 0.717) is 44.8 Å². The minimum absolute atomic E-state index is 0.0795. The zero-order chi connectivity index (χ0) is 21.1. The third-order valence-electron chi connectivity index (χ3n) is 6.62. The van der Waals surface area contributed by atoms with E-state index in [1.165, 1.54) is 16.0 Å². The molecule has 2 heterocycles. The van der Waals surface area contributed by atoms with Gasteiger partial charge in [-0.2, -0.15) is 0 Å². The zero-order valence-corrected chi connectivity index (χ0v) is 18.4. The number of rotatable bonds is 7. The van der Waals surface area contributed by atoms with Gasteiger partial charge in [-0.1, -0.05) is 43.3 Å². The first-order valence-electron chi connectivity index (χ1n) is 10.8. The first-order valence-corrected chi connectivity index (χ1v) is 11.7. The number of likely N-dealkylation sites (tertiary alicyclic amines) is 1. The van der Waals surface area contributed by atoms with Crippen molar-refractivity contribution in [2.75, 3.05) is 19.6 Å². The summed E-state index contributed by atoms with van der Waals surface area (Å²) < 4.78 is 0. The van der Waals surface area contributed by atoms with Gasteiger partial charge in [0.05, 0.1) is 5.41 Å². The van der Waals surface area contributed by atoms with E-state index >= 15 is 0 Å². The number of benzene rings is 1. The van der Waals surface area contributed by atoms with Crippen LogP contribution in [0.3, 0.4) is 0 Å². The van der Waals surface area contributed by atoms with Crippen LogP contribution in [0.2, 0.25) is 0 Å². The minimum atomic E-state index is -0.483. The lowest BCUT2D eigenvalue weighted by atomic mass is 9.72. The third-order valence-corrected chi connectivity index (χ3v) is 7.54. The predicted octanol–water partition coefficient (Wildman–Crippen LogP) is 4.52. The number of carbonyl (C=O) groups excluding carboxylic acids is 2. The van der Waals surface area contributed by atoms with Crippen LogP contribution in [0.4, 0.5) is 0 Å². The van der Waals surface area contributed by atoms with E-state index in [1.54, 1.807) is 17.4 Å². The number of thiophene rings is 1. The lowest BCUT2D eigenvalue weighted by Gasteiger charge is -2.41. The Kier molecular flexibility index (Phi) is 6.09. The molecule has 0 unspecified atom stereocenters. The van der Waals surface area contributed by atoms with Crippen LogP contribution in [0.15, 0.2) is 54.4 Å². The number of piperidine rings is 1. The Balaban J connectivity index is 1.52. The Labute approximate surface area is 183 Å². The number of hydrogen-bond acceptors (Lipinski definition) is 3. The number of hydrogen-bond donors (Lipinski definition) is 1. The summed E-state index contributed by atoms with van der Waals surface area (Å²) in [6.45, 7) is 7.66. The molecule has 1 saturated heterocycles. The van der Waals surface area contributed by atoms with Crippen molar-refractivity contribution < 1.29 is 9.59 Å². The second-order valence-electron chi connectivity index (χ2n) is 8.78. The fourth-order valence-electron chi connectivity index (χ4n) is 4.56. The summed E-state index contributed by atoms with van der Waals surface area (Å²) in [5.74, 6) is 1.08. The van der Waals surface area contributed by atoms with Crippen molar-refractivity contribution in [1.82, 2.24) is 10.2 Å². The molecule has 30 heavy (non-hydrogen) atoms. The van der Waals surface area contributed by atoms with E-state index in [4.69, 9.17) is 0 Å². The van der Waals surface area contributed by atoms with Gasteiger partial charge in [0.25, 0.3) is 0 Å². The number of carbonyl (C=O) groups is 2. The summed E-state index contributed by atoms with van der Waals surface area (Å²) in [7, 11) is 0. The zero-order valence-electron chi connectivity index (χ0n) is 17.6. The quantitative estimate of drug-likeness (QED) is 0.667. The van der Waals surface area contributed by atoms with Crippen molar-refractivity contribution in [3.8, 4) is 10.4 Å². The Bertz CT molecular complexity index is 913. The monoisotopic (exact) mass is 422 g/mol. The van der Waals surface area contributed by atoms with Crippen LogP contribution < -0.4 is 5.32 Å². The minimum Gasteiger partial charge on any atom is -0.352 e. The van der Waals surface area contributed by atoms with Gasteiger partial charge in [-0.15, -0.1) is 17.9 Å². The van der Waals surface area contributed by atoms with Crippen molar-refractivity contribution in [1.29, 1.82) is 0 Å². The van der Waals surface area contributed by atoms with Crippen LogP contribution in [-0.4, -0.2) is 36.3 Å².